The number of pyridine rings is 2. The number of rotatable bonds is 4. The fourth-order valence-corrected chi connectivity index (χ4v) is 2.50. The Balaban J connectivity index is 0.000000319. The van der Waals surface area contributed by atoms with Crippen molar-refractivity contribution >= 4 is 17.4 Å². The van der Waals surface area contributed by atoms with E-state index < -0.39 is 0 Å². The van der Waals surface area contributed by atoms with Crippen molar-refractivity contribution < 1.29 is 9.18 Å². The highest BCUT2D eigenvalue weighted by atomic mass is 19.1. The molecule has 4 rings (SSSR count). The lowest BCUT2D eigenvalue weighted by atomic mass is 10.2. The minimum atomic E-state index is -0.178. The van der Waals surface area contributed by atoms with Crippen molar-refractivity contribution in [1.29, 1.82) is 0 Å². The van der Waals surface area contributed by atoms with E-state index in [1.165, 1.54) is 16.6 Å². The maximum absolute atomic E-state index is 12.0. The maximum atomic E-state index is 12.0. The average Bonchev–Trinajstić information content (AvgIpc) is 3.25. The molecular formula is C23H27FN6O. The standard InChI is InChI=1S/C15H16N6O.C6H5F.C2H6/c1-2-6-18-15(22)10-8-12(16)21-13(9-10)19-14(20-21)11-5-3-4-7-17-11;7-6-4-2-1-3-5-6;1-2/h3-5,7-9H,2,6,16H2,1H3,(H,18,22);1-5H;1-2H3. The Kier molecular flexibility index (Phi) is 9.10. The monoisotopic (exact) mass is 422 g/mol. The van der Waals surface area contributed by atoms with Crippen LogP contribution in [-0.4, -0.2) is 32.0 Å². The highest BCUT2D eigenvalue weighted by Crippen LogP contribution is 2.17. The van der Waals surface area contributed by atoms with Crippen molar-refractivity contribution in [1.82, 2.24) is 24.9 Å². The third-order valence-electron chi connectivity index (χ3n) is 3.89. The second-order valence-corrected chi connectivity index (χ2v) is 6.14. The Morgan fingerprint density at radius 3 is 2.39 bits per heavy atom. The largest absolute Gasteiger partial charge is 0.384 e. The molecule has 0 spiro atoms. The molecule has 0 bridgehead atoms. The van der Waals surface area contributed by atoms with E-state index in [1.54, 1.807) is 36.5 Å². The first kappa shape index (κ1) is 23.5. The van der Waals surface area contributed by atoms with E-state index in [0.29, 0.717) is 35.1 Å². The van der Waals surface area contributed by atoms with Gasteiger partial charge in [-0.05, 0) is 42.8 Å². The van der Waals surface area contributed by atoms with E-state index in [9.17, 15) is 9.18 Å². The summed E-state index contributed by atoms with van der Waals surface area (Å²) in [5.74, 6) is 0.480. The SMILES string of the molecule is CC.CCCNC(=O)c1cc(N)n2nc(-c3ccccn3)nc2c1.Fc1ccccc1. The highest BCUT2D eigenvalue weighted by molar-refractivity contribution is 5.95. The summed E-state index contributed by atoms with van der Waals surface area (Å²) in [5.41, 5.74) is 7.62. The number of halogens is 1. The summed E-state index contributed by atoms with van der Waals surface area (Å²) in [4.78, 5) is 20.6. The lowest BCUT2D eigenvalue weighted by Gasteiger charge is -2.05. The van der Waals surface area contributed by atoms with Gasteiger partial charge in [-0.3, -0.25) is 9.78 Å². The molecule has 1 amide bonds. The molecule has 3 heterocycles. The van der Waals surface area contributed by atoms with Gasteiger partial charge in [0.15, 0.2) is 5.65 Å². The molecule has 8 heteroatoms. The van der Waals surface area contributed by atoms with E-state index in [0.717, 1.165) is 6.42 Å². The van der Waals surface area contributed by atoms with Gasteiger partial charge in [0.1, 0.15) is 17.3 Å². The Bertz CT molecular complexity index is 1080. The molecular weight excluding hydrogens is 395 g/mol. The molecule has 0 saturated carbocycles. The number of nitrogens with two attached hydrogens (primary N) is 1. The number of fused-ring (bicyclic) bond motifs is 1. The number of benzene rings is 1. The number of anilines is 1. The van der Waals surface area contributed by atoms with Gasteiger partial charge in [-0.2, -0.15) is 4.52 Å². The number of nitrogens with one attached hydrogen (secondary N) is 1. The summed E-state index contributed by atoms with van der Waals surface area (Å²) in [6.45, 7) is 6.62. The molecule has 0 aliphatic heterocycles. The first-order valence-corrected chi connectivity index (χ1v) is 10.1. The van der Waals surface area contributed by atoms with Crippen LogP contribution in [-0.2, 0) is 0 Å². The second kappa shape index (κ2) is 12.0. The van der Waals surface area contributed by atoms with Crippen molar-refractivity contribution in [3.63, 3.8) is 0 Å². The van der Waals surface area contributed by atoms with Crippen LogP contribution in [0.1, 0.15) is 37.6 Å². The highest BCUT2D eigenvalue weighted by Gasteiger charge is 2.13. The molecule has 31 heavy (non-hydrogen) atoms. The van der Waals surface area contributed by atoms with E-state index in [1.807, 2.05) is 39.0 Å². The van der Waals surface area contributed by atoms with E-state index in [4.69, 9.17) is 5.73 Å². The maximum Gasteiger partial charge on any atom is 0.251 e. The number of hydrogen-bond acceptors (Lipinski definition) is 5. The van der Waals surface area contributed by atoms with Crippen molar-refractivity contribution in [3.05, 3.63) is 78.2 Å². The minimum absolute atomic E-state index is 0.168. The van der Waals surface area contributed by atoms with Gasteiger partial charge in [0.25, 0.3) is 5.91 Å². The fraction of sp³-hybridized carbons (Fsp3) is 0.217. The van der Waals surface area contributed by atoms with Gasteiger partial charge < -0.3 is 11.1 Å². The predicted molar refractivity (Wildman–Crippen MR) is 121 cm³/mol. The van der Waals surface area contributed by atoms with Crippen LogP contribution in [0.15, 0.2) is 66.9 Å². The third-order valence-corrected chi connectivity index (χ3v) is 3.89. The molecule has 0 fully saturated rings. The summed E-state index contributed by atoms with van der Waals surface area (Å²) < 4.78 is 13.4. The Morgan fingerprint density at radius 2 is 1.81 bits per heavy atom. The predicted octanol–water partition coefficient (Wildman–Crippen LogP) is 4.37. The van der Waals surface area contributed by atoms with Crippen LogP contribution in [0, 0.1) is 5.82 Å². The van der Waals surface area contributed by atoms with Gasteiger partial charge >= 0.3 is 0 Å². The van der Waals surface area contributed by atoms with Gasteiger partial charge in [0, 0.05) is 18.3 Å². The summed E-state index contributed by atoms with van der Waals surface area (Å²) in [5, 5.41) is 7.15. The molecule has 0 aliphatic carbocycles. The topological polar surface area (TPSA) is 98.2 Å². The van der Waals surface area contributed by atoms with Gasteiger partial charge in [-0.15, -0.1) is 5.10 Å². The first-order chi connectivity index (χ1) is 15.1. The quantitative estimate of drug-likeness (QED) is 0.509. The molecule has 3 N–H and O–H groups in total. The Morgan fingerprint density at radius 1 is 1.10 bits per heavy atom. The van der Waals surface area contributed by atoms with E-state index >= 15 is 0 Å². The zero-order chi connectivity index (χ0) is 22.6. The number of nitrogens with zero attached hydrogens (tertiary/aromatic N) is 4. The molecule has 1 aromatic carbocycles. The molecule has 4 aromatic rings. The molecule has 0 atom stereocenters. The van der Waals surface area contributed by atoms with Crippen LogP contribution in [0.3, 0.4) is 0 Å². The van der Waals surface area contributed by atoms with Crippen molar-refractivity contribution in [2.45, 2.75) is 27.2 Å². The van der Waals surface area contributed by atoms with Gasteiger partial charge in [0.2, 0.25) is 5.82 Å². The molecule has 0 radical (unpaired) electrons. The normalized spacial score (nSPS) is 9.81. The lowest BCUT2D eigenvalue weighted by Crippen LogP contribution is -2.24. The molecule has 0 saturated heterocycles. The Labute approximate surface area is 181 Å². The van der Waals surface area contributed by atoms with Gasteiger partial charge in [-0.25, -0.2) is 9.37 Å². The number of carbonyl (C=O) groups excluding carboxylic acids is 1. The molecule has 0 unspecified atom stereocenters. The molecule has 3 aromatic heterocycles. The average molecular weight is 423 g/mol. The number of hydrogen-bond donors (Lipinski definition) is 2. The third kappa shape index (κ3) is 6.60. The zero-order valence-electron chi connectivity index (χ0n) is 17.9. The lowest BCUT2D eigenvalue weighted by molar-refractivity contribution is 0.0953. The summed E-state index contributed by atoms with van der Waals surface area (Å²) in [7, 11) is 0. The van der Waals surface area contributed by atoms with E-state index in [2.05, 4.69) is 20.4 Å². The van der Waals surface area contributed by atoms with E-state index in [-0.39, 0.29) is 11.7 Å². The first-order valence-electron chi connectivity index (χ1n) is 10.1. The minimum Gasteiger partial charge on any atom is -0.384 e. The number of nitrogen functional groups attached to an aromatic ring is 1. The summed E-state index contributed by atoms with van der Waals surface area (Å²) >= 11 is 0. The van der Waals surface area contributed by atoms with Crippen LogP contribution in [0.4, 0.5) is 10.2 Å². The van der Waals surface area contributed by atoms with Gasteiger partial charge in [-0.1, -0.05) is 45.0 Å². The zero-order valence-corrected chi connectivity index (χ0v) is 17.9. The second-order valence-electron chi connectivity index (χ2n) is 6.14. The van der Waals surface area contributed by atoms with Gasteiger partial charge in [0.05, 0.1) is 0 Å². The van der Waals surface area contributed by atoms with Crippen LogP contribution in [0.25, 0.3) is 17.2 Å². The molecule has 0 aliphatic rings. The summed E-state index contributed by atoms with van der Waals surface area (Å²) in [6, 6.07) is 16.7. The number of amides is 1. The molecule has 162 valence electrons. The van der Waals surface area contributed by atoms with Crippen LogP contribution >= 0.6 is 0 Å². The Hall–Kier alpha value is -3.81. The van der Waals surface area contributed by atoms with Crippen molar-refractivity contribution in [2.24, 2.45) is 0 Å². The van der Waals surface area contributed by atoms with Crippen molar-refractivity contribution in [2.75, 3.05) is 12.3 Å². The van der Waals surface area contributed by atoms with Crippen molar-refractivity contribution in [3.8, 4) is 11.5 Å². The van der Waals surface area contributed by atoms with Crippen LogP contribution < -0.4 is 11.1 Å². The number of aromatic nitrogens is 4. The smallest absolute Gasteiger partial charge is 0.251 e. The fourth-order valence-electron chi connectivity index (χ4n) is 2.50. The van der Waals surface area contributed by atoms with Crippen LogP contribution in [0.5, 0.6) is 0 Å². The molecule has 7 nitrogen and oxygen atoms in total. The van der Waals surface area contributed by atoms with Crippen LogP contribution in [0.2, 0.25) is 0 Å². The number of carbonyl (C=O) groups is 1. The summed E-state index contributed by atoms with van der Waals surface area (Å²) in [6.07, 6.45) is 2.55.